The Morgan fingerprint density at radius 1 is 1.32 bits per heavy atom. The van der Waals surface area contributed by atoms with Crippen LogP contribution in [0.15, 0.2) is 24.3 Å². The third-order valence-electron chi connectivity index (χ3n) is 4.70. The predicted octanol–water partition coefficient (Wildman–Crippen LogP) is 0.640. The number of carbonyl (C=O) groups is 2. The first kappa shape index (κ1) is 15.0. The highest BCUT2D eigenvalue weighted by Crippen LogP contribution is 2.36. The molecule has 0 bridgehead atoms. The summed E-state index contributed by atoms with van der Waals surface area (Å²) in [6.07, 6.45) is 2.57. The fourth-order valence-corrected chi connectivity index (χ4v) is 3.43. The summed E-state index contributed by atoms with van der Waals surface area (Å²) in [7, 11) is 0. The molecule has 0 saturated carbocycles. The maximum atomic E-state index is 12.7. The number of hydrogen-bond donors (Lipinski definition) is 2. The van der Waals surface area contributed by atoms with E-state index in [-0.39, 0.29) is 23.7 Å². The number of carbonyl (C=O) groups excluding carboxylic acids is 2. The molecule has 22 heavy (non-hydrogen) atoms. The summed E-state index contributed by atoms with van der Waals surface area (Å²) in [5.74, 6) is 0.0913. The Labute approximate surface area is 130 Å². The lowest BCUT2D eigenvalue weighted by atomic mass is 9.76. The third kappa shape index (κ3) is 2.86. The van der Waals surface area contributed by atoms with Gasteiger partial charge in [0.1, 0.15) is 0 Å². The number of nitrogens with one attached hydrogen (secondary N) is 1. The van der Waals surface area contributed by atoms with Gasteiger partial charge in [0.05, 0.1) is 11.8 Å². The minimum absolute atomic E-state index is 0.0120. The summed E-state index contributed by atoms with van der Waals surface area (Å²) in [5.41, 5.74) is 7.84. The standard InChI is InChI=1S/C17H23N3O2/c18-7-8-19-16(21)13-5-3-9-20(11-13)17(22)15-10-12-4-1-2-6-14(12)15/h1-2,4,6,13,15H,3,5,7-11,18H2,(H,19,21). The molecule has 3 rings (SSSR count). The smallest absolute Gasteiger partial charge is 0.230 e. The molecule has 1 aromatic rings. The number of benzene rings is 1. The van der Waals surface area contributed by atoms with Crippen molar-refractivity contribution in [2.75, 3.05) is 26.2 Å². The summed E-state index contributed by atoms with van der Waals surface area (Å²) in [6.45, 7) is 2.24. The lowest BCUT2D eigenvalue weighted by Crippen LogP contribution is -2.48. The lowest BCUT2D eigenvalue weighted by Gasteiger charge is -2.38. The van der Waals surface area contributed by atoms with Gasteiger partial charge in [0.15, 0.2) is 0 Å². The zero-order chi connectivity index (χ0) is 15.5. The van der Waals surface area contributed by atoms with E-state index in [0.717, 1.165) is 31.4 Å². The Morgan fingerprint density at radius 2 is 2.14 bits per heavy atom. The van der Waals surface area contributed by atoms with Gasteiger partial charge in [-0.15, -0.1) is 0 Å². The van der Waals surface area contributed by atoms with Gasteiger partial charge >= 0.3 is 0 Å². The van der Waals surface area contributed by atoms with E-state index in [1.54, 1.807) is 0 Å². The lowest BCUT2D eigenvalue weighted by molar-refractivity contribution is -0.137. The molecule has 0 radical (unpaired) electrons. The van der Waals surface area contributed by atoms with Gasteiger partial charge < -0.3 is 16.0 Å². The van der Waals surface area contributed by atoms with Crippen LogP contribution in [0.25, 0.3) is 0 Å². The second-order valence-electron chi connectivity index (χ2n) is 6.16. The predicted molar refractivity (Wildman–Crippen MR) is 84.3 cm³/mol. The molecule has 1 aromatic carbocycles. The van der Waals surface area contributed by atoms with Crippen molar-refractivity contribution in [3.05, 3.63) is 35.4 Å². The number of rotatable bonds is 4. The number of nitrogens with zero attached hydrogens (tertiary/aromatic N) is 1. The van der Waals surface area contributed by atoms with Gasteiger partial charge in [0.2, 0.25) is 11.8 Å². The van der Waals surface area contributed by atoms with E-state index < -0.39 is 0 Å². The Bertz CT molecular complexity index is 573. The molecule has 1 saturated heterocycles. The second-order valence-corrected chi connectivity index (χ2v) is 6.16. The fourth-order valence-electron chi connectivity index (χ4n) is 3.43. The maximum Gasteiger partial charge on any atom is 0.230 e. The van der Waals surface area contributed by atoms with Crippen molar-refractivity contribution < 1.29 is 9.59 Å². The molecule has 1 fully saturated rings. The topological polar surface area (TPSA) is 75.4 Å². The van der Waals surface area contributed by atoms with Crippen LogP contribution >= 0.6 is 0 Å². The van der Waals surface area contributed by atoms with Crippen LogP contribution in [-0.4, -0.2) is 42.9 Å². The van der Waals surface area contributed by atoms with E-state index in [2.05, 4.69) is 11.4 Å². The maximum absolute atomic E-state index is 12.7. The van der Waals surface area contributed by atoms with Crippen LogP contribution < -0.4 is 11.1 Å². The second kappa shape index (κ2) is 6.48. The SMILES string of the molecule is NCCNC(=O)C1CCCN(C(=O)C2Cc3ccccc32)C1. The van der Waals surface area contributed by atoms with E-state index >= 15 is 0 Å². The minimum Gasteiger partial charge on any atom is -0.355 e. The number of nitrogens with two attached hydrogens (primary N) is 1. The van der Waals surface area contributed by atoms with Crippen LogP contribution in [0.1, 0.15) is 29.9 Å². The molecular formula is C17H23N3O2. The highest BCUT2D eigenvalue weighted by Gasteiger charge is 2.37. The van der Waals surface area contributed by atoms with Crippen molar-refractivity contribution in [2.45, 2.75) is 25.2 Å². The highest BCUT2D eigenvalue weighted by atomic mass is 16.2. The first-order valence-corrected chi connectivity index (χ1v) is 8.05. The van der Waals surface area contributed by atoms with Crippen LogP contribution in [0.4, 0.5) is 0 Å². The highest BCUT2D eigenvalue weighted by molar-refractivity contribution is 5.88. The molecule has 2 unspecified atom stereocenters. The van der Waals surface area contributed by atoms with Gasteiger partial charge in [0.25, 0.3) is 0 Å². The molecular weight excluding hydrogens is 278 g/mol. The molecule has 0 spiro atoms. The van der Waals surface area contributed by atoms with E-state index in [0.29, 0.717) is 19.6 Å². The molecule has 1 heterocycles. The average molecular weight is 301 g/mol. The van der Waals surface area contributed by atoms with Crippen molar-refractivity contribution in [2.24, 2.45) is 11.7 Å². The largest absolute Gasteiger partial charge is 0.355 e. The first-order valence-electron chi connectivity index (χ1n) is 8.05. The molecule has 1 aliphatic carbocycles. The summed E-state index contributed by atoms with van der Waals surface area (Å²) in [6, 6.07) is 8.12. The van der Waals surface area contributed by atoms with Gasteiger partial charge in [-0.1, -0.05) is 24.3 Å². The zero-order valence-corrected chi connectivity index (χ0v) is 12.8. The summed E-state index contributed by atoms with van der Waals surface area (Å²) < 4.78 is 0. The Hall–Kier alpha value is -1.88. The Kier molecular flexibility index (Phi) is 4.43. The number of likely N-dealkylation sites (tertiary alicyclic amines) is 1. The van der Waals surface area contributed by atoms with Crippen molar-refractivity contribution in [1.29, 1.82) is 0 Å². The molecule has 5 nitrogen and oxygen atoms in total. The number of hydrogen-bond acceptors (Lipinski definition) is 3. The third-order valence-corrected chi connectivity index (χ3v) is 4.70. The number of fused-ring (bicyclic) bond motifs is 1. The van der Waals surface area contributed by atoms with Gasteiger partial charge in [-0.05, 0) is 30.4 Å². The van der Waals surface area contributed by atoms with Crippen molar-refractivity contribution >= 4 is 11.8 Å². The zero-order valence-electron chi connectivity index (χ0n) is 12.8. The number of piperidine rings is 1. The molecule has 1 aliphatic heterocycles. The van der Waals surface area contributed by atoms with Crippen molar-refractivity contribution in [1.82, 2.24) is 10.2 Å². The van der Waals surface area contributed by atoms with Crippen molar-refractivity contribution in [3.63, 3.8) is 0 Å². The summed E-state index contributed by atoms with van der Waals surface area (Å²) >= 11 is 0. The minimum atomic E-state index is -0.0976. The quantitative estimate of drug-likeness (QED) is 0.857. The van der Waals surface area contributed by atoms with Crippen LogP contribution in [-0.2, 0) is 16.0 Å². The normalized spacial score (nSPS) is 23.4. The molecule has 2 aliphatic rings. The van der Waals surface area contributed by atoms with Crippen LogP contribution in [0.3, 0.4) is 0 Å². The van der Waals surface area contributed by atoms with E-state index in [4.69, 9.17) is 5.73 Å². The summed E-state index contributed by atoms with van der Waals surface area (Å²) in [5, 5.41) is 2.83. The van der Waals surface area contributed by atoms with E-state index in [1.165, 1.54) is 5.56 Å². The first-order chi connectivity index (χ1) is 10.7. The van der Waals surface area contributed by atoms with E-state index in [1.807, 2.05) is 23.1 Å². The van der Waals surface area contributed by atoms with Gasteiger partial charge in [-0.2, -0.15) is 0 Å². The van der Waals surface area contributed by atoms with Crippen LogP contribution in [0.5, 0.6) is 0 Å². The van der Waals surface area contributed by atoms with Gasteiger partial charge in [-0.3, -0.25) is 9.59 Å². The van der Waals surface area contributed by atoms with Crippen molar-refractivity contribution in [3.8, 4) is 0 Å². The molecule has 2 amide bonds. The molecule has 118 valence electrons. The van der Waals surface area contributed by atoms with Crippen LogP contribution in [0, 0.1) is 5.92 Å². The van der Waals surface area contributed by atoms with E-state index in [9.17, 15) is 9.59 Å². The molecule has 0 aromatic heterocycles. The fraction of sp³-hybridized carbons (Fsp3) is 0.529. The Balaban J connectivity index is 1.61. The summed E-state index contributed by atoms with van der Waals surface area (Å²) in [4.78, 5) is 26.6. The van der Waals surface area contributed by atoms with Gasteiger partial charge in [-0.25, -0.2) is 0 Å². The molecule has 2 atom stereocenters. The Morgan fingerprint density at radius 3 is 2.91 bits per heavy atom. The molecule has 3 N–H and O–H groups in total. The van der Waals surface area contributed by atoms with Gasteiger partial charge in [0, 0.05) is 26.2 Å². The average Bonchev–Trinajstić information content (AvgIpc) is 2.53. The van der Waals surface area contributed by atoms with Crippen LogP contribution in [0.2, 0.25) is 0 Å². The monoisotopic (exact) mass is 301 g/mol. The number of amides is 2. The molecule has 5 heteroatoms.